The second kappa shape index (κ2) is 3.57. The molecule has 0 aliphatic carbocycles. The average molecular weight is 192 g/mol. The largest absolute Gasteiger partial charge is 0.303 e. The number of rotatable bonds is 2. The van der Waals surface area contributed by atoms with E-state index in [-0.39, 0.29) is 0 Å². The molecule has 2 heteroatoms. The molecule has 1 heterocycles. The van der Waals surface area contributed by atoms with Crippen LogP contribution in [0, 0.1) is 0 Å². The Morgan fingerprint density at radius 2 is 2.44 bits per heavy atom. The molecular formula is C7H14BrN. The van der Waals surface area contributed by atoms with Crippen molar-refractivity contribution in [3.8, 4) is 0 Å². The number of likely N-dealkylation sites (tertiary alicyclic amines) is 1. The van der Waals surface area contributed by atoms with Gasteiger partial charge in [-0.15, -0.1) is 0 Å². The molecule has 0 saturated carbocycles. The van der Waals surface area contributed by atoms with Crippen molar-refractivity contribution in [3.63, 3.8) is 0 Å². The van der Waals surface area contributed by atoms with Gasteiger partial charge in [-0.25, -0.2) is 0 Å². The van der Waals surface area contributed by atoms with Gasteiger partial charge >= 0.3 is 0 Å². The molecule has 54 valence electrons. The Morgan fingerprint density at radius 3 is 2.89 bits per heavy atom. The summed E-state index contributed by atoms with van der Waals surface area (Å²) in [7, 11) is 2.22. The maximum atomic E-state index is 3.46. The molecule has 0 amide bonds. The first-order valence-electron chi connectivity index (χ1n) is 3.61. The van der Waals surface area contributed by atoms with Crippen LogP contribution in [0.2, 0.25) is 0 Å². The van der Waals surface area contributed by atoms with Gasteiger partial charge in [-0.3, -0.25) is 0 Å². The van der Waals surface area contributed by atoms with Crippen LogP contribution in [0.5, 0.6) is 0 Å². The van der Waals surface area contributed by atoms with Crippen LogP contribution in [-0.2, 0) is 0 Å². The Balaban J connectivity index is 2.22. The zero-order chi connectivity index (χ0) is 6.69. The topological polar surface area (TPSA) is 3.24 Å². The monoisotopic (exact) mass is 191 g/mol. The highest BCUT2D eigenvalue weighted by Gasteiger charge is 2.18. The van der Waals surface area contributed by atoms with Crippen LogP contribution in [0.25, 0.3) is 0 Å². The van der Waals surface area contributed by atoms with Crippen molar-refractivity contribution >= 4 is 15.9 Å². The third-order valence-electron chi connectivity index (χ3n) is 2.11. The number of hydrogen-bond donors (Lipinski definition) is 0. The molecule has 1 aliphatic heterocycles. The summed E-state index contributed by atoms with van der Waals surface area (Å²) in [6.07, 6.45) is 4.12. The Kier molecular flexibility index (Phi) is 2.99. The van der Waals surface area contributed by atoms with Crippen molar-refractivity contribution in [1.29, 1.82) is 0 Å². The summed E-state index contributed by atoms with van der Waals surface area (Å²) in [4.78, 5) is 2.46. The van der Waals surface area contributed by atoms with E-state index < -0.39 is 0 Å². The molecule has 1 fully saturated rings. The highest BCUT2D eigenvalue weighted by Crippen LogP contribution is 2.17. The lowest BCUT2D eigenvalue weighted by Crippen LogP contribution is -2.24. The fraction of sp³-hybridized carbons (Fsp3) is 1.00. The maximum Gasteiger partial charge on any atom is 0.0101 e. The fourth-order valence-corrected chi connectivity index (χ4v) is 2.00. The predicted molar refractivity (Wildman–Crippen MR) is 44.1 cm³/mol. The third kappa shape index (κ3) is 1.94. The normalized spacial score (nSPS) is 29.3. The number of alkyl halides is 1. The Morgan fingerprint density at radius 1 is 1.67 bits per heavy atom. The summed E-state index contributed by atoms with van der Waals surface area (Å²) in [6.45, 7) is 1.30. The highest BCUT2D eigenvalue weighted by atomic mass is 79.9. The molecule has 0 aromatic carbocycles. The lowest BCUT2D eigenvalue weighted by Gasteiger charge is -2.17. The molecular weight excluding hydrogens is 178 g/mol. The molecule has 0 N–H and O–H groups in total. The highest BCUT2D eigenvalue weighted by molar-refractivity contribution is 9.09. The van der Waals surface area contributed by atoms with Crippen molar-refractivity contribution in [3.05, 3.63) is 0 Å². The van der Waals surface area contributed by atoms with Crippen molar-refractivity contribution in [2.75, 3.05) is 18.9 Å². The standard InChI is InChI=1S/C7H14BrN/c1-9-6-2-3-7(9)4-5-8/h7H,2-6H2,1H3. The number of halogens is 1. The van der Waals surface area contributed by atoms with Crippen LogP contribution in [0.4, 0.5) is 0 Å². The van der Waals surface area contributed by atoms with Gasteiger partial charge in [0.15, 0.2) is 0 Å². The molecule has 9 heavy (non-hydrogen) atoms. The molecule has 1 aliphatic rings. The molecule has 1 rings (SSSR count). The SMILES string of the molecule is CN1CCCC1CCBr. The van der Waals surface area contributed by atoms with E-state index in [0.717, 1.165) is 11.4 Å². The Hall–Kier alpha value is 0.440. The molecule has 0 aromatic rings. The van der Waals surface area contributed by atoms with Gasteiger partial charge in [0, 0.05) is 11.4 Å². The lowest BCUT2D eigenvalue weighted by molar-refractivity contribution is 0.306. The molecule has 1 saturated heterocycles. The first kappa shape index (κ1) is 7.55. The second-order valence-corrected chi connectivity index (χ2v) is 3.55. The molecule has 0 aromatic heterocycles. The predicted octanol–water partition coefficient (Wildman–Crippen LogP) is 1.87. The number of hydrogen-bond acceptors (Lipinski definition) is 1. The molecule has 1 unspecified atom stereocenters. The number of nitrogens with zero attached hydrogens (tertiary/aromatic N) is 1. The minimum absolute atomic E-state index is 0.865. The summed E-state index contributed by atoms with van der Waals surface area (Å²) in [5, 5.41) is 1.15. The zero-order valence-corrected chi connectivity index (χ0v) is 7.52. The van der Waals surface area contributed by atoms with E-state index in [1.807, 2.05) is 0 Å². The first-order valence-corrected chi connectivity index (χ1v) is 4.73. The van der Waals surface area contributed by atoms with E-state index >= 15 is 0 Å². The summed E-state index contributed by atoms with van der Waals surface area (Å²) < 4.78 is 0. The van der Waals surface area contributed by atoms with Gasteiger partial charge in [0.1, 0.15) is 0 Å². The van der Waals surface area contributed by atoms with Crippen molar-refractivity contribution in [1.82, 2.24) is 4.90 Å². The molecule has 0 spiro atoms. The summed E-state index contributed by atoms with van der Waals surface area (Å²) in [5.74, 6) is 0. The molecule has 0 radical (unpaired) electrons. The van der Waals surface area contributed by atoms with Crippen LogP contribution < -0.4 is 0 Å². The maximum absolute atomic E-state index is 3.46. The smallest absolute Gasteiger partial charge is 0.0101 e. The van der Waals surface area contributed by atoms with Gasteiger partial charge in [0.25, 0.3) is 0 Å². The Labute approximate surface area is 65.6 Å². The zero-order valence-electron chi connectivity index (χ0n) is 5.94. The van der Waals surface area contributed by atoms with Crippen LogP contribution in [0.15, 0.2) is 0 Å². The van der Waals surface area contributed by atoms with Gasteiger partial charge in [-0.05, 0) is 32.9 Å². The van der Waals surface area contributed by atoms with Gasteiger partial charge in [0.05, 0.1) is 0 Å². The van der Waals surface area contributed by atoms with Crippen LogP contribution >= 0.6 is 15.9 Å². The van der Waals surface area contributed by atoms with E-state index in [0.29, 0.717) is 0 Å². The first-order chi connectivity index (χ1) is 4.34. The fourth-order valence-electron chi connectivity index (χ4n) is 1.47. The van der Waals surface area contributed by atoms with E-state index in [1.165, 1.54) is 25.8 Å². The molecule has 0 bridgehead atoms. The van der Waals surface area contributed by atoms with Crippen molar-refractivity contribution in [2.45, 2.75) is 25.3 Å². The molecule has 1 atom stereocenters. The van der Waals surface area contributed by atoms with Gasteiger partial charge in [-0.1, -0.05) is 15.9 Å². The van der Waals surface area contributed by atoms with Crippen molar-refractivity contribution < 1.29 is 0 Å². The van der Waals surface area contributed by atoms with Crippen molar-refractivity contribution in [2.24, 2.45) is 0 Å². The molecule has 1 nitrogen and oxygen atoms in total. The van der Waals surface area contributed by atoms with E-state index in [9.17, 15) is 0 Å². The van der Waals surface area contributed by atoms with E-state index in [4.69, 9.17) is 0 Å². The summed E-state index contributed by atoms with van der Waals surface area (Å²) >= 11 is 3.46. The summed E-state index contributed by atoms with van der Waals surface area (Å²) in [5.41, 5.74) is 0. The van der Waals surface area contributed by atoms with E-state index in [1.54, 1.807) is 0 Å². The quantitative estimate of drug-likeness (QED) is 0.603. The van der Waals surface area contributed by atoms with Crippen LogP contribution in [0.3, 0.4) is 0 Å². The minimum atomic E-state index is 0.865. The Bertz CT molecular complexity index is 85.0. The van der Waals surface area contributed by atoms with Gasteiger partial charge in [0.2, 0.25) is 0 Å². The lowest BCUT2D eigenvalue weighted by atomic mass is 10.2. The van der Waals surface area contributed by atoms with Gasteiger partial charge < -0.3 is 4.90 Å². The second-order valence-electron chi connectivity index (χ2n) is 2.75. The van der Waals surface area contributed by atoms with Gasteiger partial charge in [-0.2, -0.15) is 0 Å². The summed E-state index contributed by atoms with van der Waals surface area (Å²) in [6, 6.07) is 0.865. The average Bonchev–Trinajstić information content (AvgIpc) is 2.18. The van der Waals surface area contributed by atoms with Crippen LogP contribution in [0.1, 0.15) is 19.3 Å². The minimum Gasteiger partial charge on any atom is -0.303 e. The third-order valence-corrected chi connectivity index (χ3v) is 2.57. The van der Waals surface area contributed by atoms with E-state index in [2.05, 4.69) is 27.9 Å². The van der Waals surface area contributed by atoms with Crippen LogP contribution in [-0.4, -0.2) is 29.9 Å².